The number of sulfonamides is 1. The van der Waals surface area contributed by atoms with Gasteiger partial charge in [-0.25, -0.2) is 12.8 Å². The van der Waals surface area contributed by atoms with Crippen molar-refractivity contribution >= 4 is 26.0 Å². The molecule has 0 atom stereocenters. The summed E-state index contributed by atoms with van der Waals surface area (Å²) in [7, 11) is -3.97. The second-order valence-corrected chi connectivity index (χ2v) is 6.27. The molecule has 18 heavy (non-hydrogen) atoms. The molecule has 1 aromatic rings. The highest BCUT2D eigenvalue weighted by atomic mass is 79.9. The zero-order valence-corrected chi connectivity index (χ0v) is 11.9. The number of halogens is 2. The summed E-state index contributed by atoms with van der Waals surface area (Å²) in [6.45, 7) is 3.00. The van der Waals surface area contributed by atoms with Gasteiger partial charge in [-0.1, -0.05) is 22.0 Å². The van der Waals surface area contributed by atoms with Crippen molar-refractivity contribution in [3.63, 3.8) is 0 Å². The molecule has 1 aromatic carbocycles. The van der Waals surface area contributed by atoms with Crippen LogP contribution in [0.3, 0.4) is 0 Å². The van der Waals surface area contributed by atoms with Crippen LogP contribution in [0, 0.1) is 5.82 Å². The number of benzene rings is 1. The van der Waals surface area contributed by atoms with Crippen molar-refractivity contribution in [2.75, 3.05) is 19.7 Å². The Bertz CT molecular complexity index is 533. The Morgan fingerprint density at radius 3 is 2.67 bits per heavy atom. The lowest BCUT2D eigenvalue weighted by Crippen LogP contribution is -2.34. The summed E-state index contributed by atoms with van der Waals surface area (Å²) in [4.78, 5) is -0.416. The van der Waals surface area contributed by atoms with E-state index >= 15 is 0 Å². The lowest BCUT2D eigenvalue weighted by Gasteiger charge is -2.19. The van der Waals surface area contributed by atoms with Gasteiger partial charge in [0.25, 0.3) is 0 Å². The van der Waals surface area contributed by atoms with Crippen molar-refractivity contribution in [2.24, 2.45) is 0 Å². The highest BCUT2D eigenvalue weighted by molar-refractivity contribution is 9.10. The van der Waals surface area contributed by atoms with Crippen molar-refractivity contribution in [3.8, 4) is 0 Å². The summed E-state index contributed by atoms with van der Waals surface area (Å²) in [5, 5.41) is 8.85. The molecule has 7 heteroatoms. The summed E-state index contributed by atoms with van der Waals surface area (Å²) in [5.74, 6) is -0.837. The van der Waals surface area contributed by atoms with Crippen LogP contribution in [-0.4, -0.2) is 37.5 Å². The zero-order chi connectivity index (χ0) is 13.8. The van der Waals surface area contributed by atoms with Crippen LogP contribution in [0.25, 0.3) is 0 Å². The molecule has 0 heterocycles. The second kappa shape index (κ2) is 6.42. The van der Waals surface area contributed by atoms with Crippen molar-refractivity contribution in [1.82, 2.24) is 4.31 Å². The highest BCUT2D eigenvalue weighted by Gasteiger charge is 2.26. The van der Waals surface area contributed by atoms with E-state index in [2.05, 4.69) is 22.5 Å². The predicted molar refractivity (Wildman–Crippen MR) is 70.1 cm³/mol. The SMILES string of the molecule is C=CCN(CCO)S(=O)(=O)c1ccc(Br)cc1F. The van der Waals surface area contributed by atoms with Gasteiger partial charge in [0.2, 0.25) is 10.0 Å². The molecule has 1 N–H and O–H groups in total. The molecule has 1 rings (SSSR count). The van der Waals surface area contributed by atoms with E-state index in [4.69, 9.17) is 5.11 Å². The minimum Gasteiger partial charge on any atom is -0.395 e. The smallest absolute Gasteiger partial charge is 0.246 e. The summed E-state index contributed by atoms with van der Waals surface area (Å²) in [5.41, 5.74) is 0. The average molecular weight is 338 g/mol. The van der Waals surface area contributed by atoms with Crippen LogP contribution >= 0.6 is 15.9 Å². The molecule has 0 radical (unpaired) electrons. The number of nitrogens with zero attached hydrogens (tertiary/aromatic N) is 1. The molecule has 0 aliphatic carbocycles. The molecule has 0 aliphatic heterocycles. The average Bonchev–Trinajstić information content (AvgIpc) is 2.28. The van der Waals surface area contributed by atoms with Crippen LogP contribution in [0.4, 0.5) is 4.39 Å². The molecular weight excluding hydrogens is 325 g/mol. The fourth-order valence-corrected chi connectivity index (χ4v) is 3.17. The van der Waals surface area contributed by atoms with Gasteiger partial charge in [0.05, 0.1) is 6.61 Å². The van der Waals surface area contributed by atoms with E-state index in [-0.39, 0.29) is 19.7 Å². The summed E-state index contributed by atoms with van der Waals surface area (Å²) >= 11 is 3.06. The first-order chi connectivity index (χ1) is 8.43. The van der Waals surface area contributed by atoms with Gasteiger partial charge in [-0.2, -0.15) is 4.31 Å². The van der Waals surface area contributed by atoms with Gasteiger partial charge in [0.15, 0.2) is 0 Å². The summed E-state index contributed by atoms with van der Waals surface area (Å²) in [6.07, 6.45) is 1.38. The van der Waals surface area contributed by atoms with Gasteiger partial charge < -0.3 is 5.11 Å². The summed E-state index contributed by atoms with van der Waals surface area (Å²) < 4.78 is 39.4. The normalized spacial score (nSPS) is 11.8. The predicted octanol–water partition coefficient (Wildman–Crippen LogP) is 1.76. The maximum absolute atomic E-state index is 13.7. The van der Waals surface area contributed by atoms with Crippen molar-refractivity contribution in [3.05, 3.63) is 41.1 Å². The topological polar surface area (TPSA) is 57.6 Å². The zero-order valence-electron chi connectivity index (χ0n) is 9.51. The molecule has 0 saturated heterocycles. The first-order valence-electron chi connectivity index (χ1n) is 5.10. The van der Waals surface area contributed by atoms with E-state index in [9.17, 15) is 12.8 Å². The van der Waals surface area contributed by atoms with E-state index < -0.39 is 20.7 Å². The largest absolute Gasteiger partial charge is 0.395 e. The first-order valence-corrected chi connectivity index (χ1v) is 7.33. The fourth-order valence-electron chi connectivity index (χ4n) is 1.39. The molecule has 4 nitrogen and oxygen atoms in total. The molecule has 0 amide bonds. The van der Waals surface area contributed by atoms with Crippen LogP contribution in [0.5, 0.6) is 0 Å². The van der Waals surface area contributed by atoms with E-state index in [1.54, 1.807) is 0 Å². The van der Waals surface area contributed by atoms with Crippen molar-refractivity contribution in [2.45, 2.75) is 4.90 Å². The molecule has 100 valence electrons. The Balaban J connectivity index is 3.21. The van der Waals surface area contributed by atoms with E-state index in [0.717, 1.165) is 10.4 Å². The van der Waals surface area contributed by atoms with Gasteiger partial charge in [-0.3, -0.25) is 0 Å². The Morgan fingerprint density at radius 1 is 1.50 bits per heavy atom. The Labute approximate surface area is 114 Å². The molecule has 0 bridgehead atoms. The van der Waals surface area contributed by atoms with Crippen molar-refractivity contribution < 1.29 is 17.9 Å². The second-order valence-electron chi connectivity index (χ2n) is 3.45. The first kappa shape index (κ1) is 15.3. The standard InChI is InChI=1S/C11H13BrFNO3S/c1-2-5-14(6-7-15)18(16,17)11-4-3-9(12)8-10(11)13/h2-4,8,15H,1,5-7H2. The fraction of sp³-hybridized carbons (Fsp3) is 0.273. The van der Waals surface area contributed by atoms with E-state index in [1.807, 2.05) is 0 Å². The van der Waals surface area contributed by atoms with E-state index in [1.165, 1.54) is 18.2 Å². The Hall–Kier alpha value is -0.760. The third kappa shape index (κ3) is 3.38. The molecule has 0 saturated carbocycles. The van der Waals surface area contributed by atoms with Gasteiger partial charge >= 0.3 is 0 Å². The van der Waals surface area contributed by atoms with Gasteiger partial charge in [-0.05, 0) is 18.2 Å². The number of hydrogen-bond acceptors (Lipinski definition) is 3. The molecule has 0 spiro atoms. The molecule has 0 aromatic heterocycles. The minimum atomic E-state index is -3.97. The number of aliphatic hydroxyl groups is 1. The van der Waals surface area contributed by atoms with Crippen LogP contribution in [-0.2, 0) is 10.0 Å². The van der Waals surface area contributed by atoms with Crippen LogP contribution in [0.1, 0.15) is 0 Å². The monoisotopic (exact) mass is 337 g/mol. The van der Waals surface area contributed by atoms with Crippen molar-refractivity contribution in [1.29, 1.82) is 0 Å². The number of hydrogen-bond donors (Lipinski definition) is 1. The van der Waals surface area contributed by atoms with Crippen LogP contribution in [0.2, 0.25) is 0 Å². The number of aliphatic hydroxyl groups excluding tert-OH is 1. The summed E-state index contributed by atoms with van der Waals surface area (Å²) in [6, 6.07) is 3.71. The molecule has 0 aliphatic rings. The lowest BCUT2D eigenvalue weighted by atomic mass is 10.3. The molecule has 0 unspecified atom stereocenters. The van der Waals surface area contributed by atoms with Gasteiger partial charge in [0.1, 0.15) is 10.7 Å². The Kier molecular flexibility index (Phi) is 5.46. The third-order valence-corrected chi connectivity index (χ3v) is 4.59. The van der Waals surface area contributed by atoms with E-state index in [0.29, 0.717) is 4.47 Å². The Morgan fingerprint density at radius 2 is 2.17 bits per heavy atom. The van der Waals surface area contributed by atoms with Crippen LogP contribution < -0.4 is 0 Å². The quantitative estimate of drug-likeness (QED) is 0.804. The maximum atomic E-state index is 13.7. The number of rotatable bonds is 6. The van der Waals surface area contributed by atoms with Gasteiger partial charge in [0, 0.05) is 17.6 Å². The highest BCUT2D eigenvalue weighted by Crippen LogP contribution is 2.22. The third-order valence-electron chi connectivity index (χ3n) is 2.19. The van der Waals surface area contributed by atoms with Gasteiger partial charge in [-0.15, -0.1) is 6.58 Å². The lowest BCUT2D eigenvalue weighted by molar-refractivity contribution is 0.260. The molecular formula is C11H13BrFNO3S. The minimum absolute atomic E-state index is 0.0123. The molecule has 0 fully saturated rings. The van der Waals surface area contributed by atoms with Crippen LogP contribution in [0.15, 0.2) is 40.2 Å². The maximum Gasteiger partial charge on any atom is 0.246 e.